The van der Waals surface area contributed by atoms with Gasteiger partial charge in [-0.25, -0.2) is 4.39 Å². The first-order valence-corrected chi connectivity index (χ1v) is 6.60. The van der Waals surface area contributed by atoms with Crippen LogP contribution in [0.2, 0.25) is 0 Å². The fourth-order valence-electron chi connectivity index (χ4n) is 2.03. The summed E-state index contributed by atoms with van der Waals surface area (Å²) in [5.74, 6) is -0.110. The van der Waals surface area contributed by atoms with Gasteiger partial charge in [0.15, 0.2) is 0 Å². The first-order valence-electron chi connectivity index (χ1n) is 6.60. The van der Waals surface area contributed by atoms with E-state index in [9.17, 15) is 4.39 Å². The van der Waals surface area contributed by atoms with Gasteiger partial charge in [0.25, 0.3) is 0 Å². The van der Waals surface area contributed by atoms with Gasteiger partial charge in [0, 0.05) is 25.8 Å². The molecular weight excluding hydrogens is 241 g/mol. The first-order chi connectivity index (χ1) is 9.16. The summed E-state index contributed by atoms with van der Waals surface area (Å²) in [6.45, 7) is 2.91. The van der Waals surface area contributed by atoms with Gasteiger partial charge >= 0.3 is 0 Å². The van der Waals surface area contributed by atoms with E-state index in [0.29, 0.717) is 6.04 Å². The molecule has 3 nitrogen and oxygen atoms in total. The van der Waals surface area contributed by atoms with Crippen molar-refractivity contribution in [1.82, 2.24) is 15.1 Å². The average molecular weight is 261 g/mol. The minimum Gasteiger partial charge on any atom is -0.309 e. The Balaban J connectivity index is 1.77. The van der Waals surface area contributed by atoms with Crippen molar-refractivity contribution in [2.75, 3.05) is 0 Å². The van der Waals surface area contributed by atoms with Crippen LogP contribution in [0.1, 0.15) is 24.6 Å². The van der Waals surface area contributed by atoms with Gasteiger partial charge in [0.1, 0.15) is 5.82 Å². The quantitative estimate of drug-likeness (QED) is 0.866. The lowest BCUT2D eigenvalue weighted by molar-refractivity contribution is 0.494. The maximum Gasteiger partial charge on any atom is 0.126 e. The number of nitrogens with one attached hydrogen (secondary N) is 1. The Hall–Kier alpha value is -1.68. The Morgan fingerprint density at radius 3 is 2.79 bits per heavy atom. The predicted octanol–water partition coefficient (Wildman–Crippen LogP) is 2.67. The molecule has 1 aromatic heterocycles. The van der Waals surface area contributed by atoms with Gasteiger partial charge in [-0.2, -0.15) is 5.10 Å². The summed E-state index contributed by atoms with van der Waals surface area (Å²) in [5.41, 5.74) is 1.94. The van der Waals surface area contributed by atoms with Crippen LogP contribution < -0.4 is 5.32 Å². The summed E-state index contributed by atoms with van der Waals surface area (Å²) < 4.78 is 15.3. The zero-order valence-corrected chi connectivity index (χ0v) is 11.4. The number of aromatic nitrogens is 2. The molecule has 102 valence electrons. The monoisotopic (exact) mass is 261 g/mol. The van der Waals surface area contributed by atoms with Gasteiger partial charge in [0.2, 0.25) is 0 Å². The molecule has 0 aliphatic heterocycles. The lowest BCUT2D eigenvalue weighted by atomic mass is 10.1. The summed E-state index contributed by atoms with van der Waals surface area (Å²) in [5, 5.41) is 7.56. The molecule has 0 radical (unpaired) electrons. The lowest BCUT2D eigenvalue weighted by Crippen LogP contribution is -2.27. The number of nitrogens with zero attached hydrogens (tertiary/aromatic N) is 2. The largest absolute Gasteiger partial charge is 0.309 e. The van der Waals surface area contributed by atoms with E-state index in [1.165, 1.54) is 6.07 Å². The maximum atomic E-state index is 13.5. The van der Waals surface area contributed by atoms with Crippen molar-refractivity contribution in [2.24, 2.45) is 7.05 Å². The summed E-state index contributed by atoms with van der Waals surface area (Å²) in [6.07, 6.45) is 3.46. The molecule has 0 saturated carbocycles. The van der Waals surface area contributed by atoms with Crippen molar-refractivity contribution in [3.8, 4) is 0 Å². The molecule has 19 heavy (non-hydrogen) atoms. The summed E-state index contributed by atoms with van der Waals surface area (Å²) in [7, 11) is 1.93. The molecule has 4 heteroatoms. The number of hydrogen-bond acceptors (Lipinski definition) is 2. The Labute approximate surface area is 113 Å². The second-order valence-corrected chi connectivity index (χ2v) is 4.86. The fourth-order valence-corrected chi connectivity index (χ4v) is 2.03. The lowest BCUT2D eigenvalue weighted by Gasteiger charge is -2.14. The second-order valence-electron chi connectivity index (χ2n) is 4.86. The van der Waals surface area contributed by atoms with E-state index in [0.717, 1.165) is 30.6 Å². The van der Waals surface area contributed by atoms with Crippen LogP contribution >= 0.6 is 0 Å². The van der Waals surface area contributed by atoms with E-state index in [1.807, 2.05) is 29.9 Å². The minimum atomic E-state index is -0.110. The third-order valence-electron chi connectivity index (χ3n) is 3.36. The van der Waals surface area contributed by atoms with Gasteiger partial charge in [0.05, 0.1) is 5.69 Å². The van der Waals surface area contributed by atoms with Crippen molar-refractivity contribution in [2.45, 2.75) is 32.4 Å². The fraction of sp³-hybridized carbons (Fsp3) is 0.400. The molecule has 2 rings (SSSR count). The van der Waals surface area contributed by atoms with Crippen LogP contribution in [0.5, 0.6) is 0 Å². The van der Waals surface area contributed by atoms with Crippen LogP contribution in [-0.4, -0.2) is 15.8 Å². The molecule has 0 amide bonds. The van der Waals surface area contributed by atoms with Crippen LogP contribution in [0.15, 0.2) is 36.5 Å². The van der Waals surface area contributed by atoms with E-state index in [1.54, 1.807) is 12.3 Å². The van der Waals surface area contributed by atoms with E-state index in [4.69, 9.17) is 0 Å². The van der Waals surface area contributed by atoms with Gasteiger partial charge < -0.3 is 5.32 Å². The molecule has 1 atom stereocenters. The molecular formula is C15H20FN3. The van der Waals surface area contributed by atoms with E-state index in [2.05, 4.69) is 17.3 Å². The Kier molecular flexibility index (Phi) is 4.68. The third-order valence-corrected chi connectivity index (χ3v) is 3.36. The van der Waals surface area contributed by atoms with Crippen LogP contribution in [-0.2, 0) is 20.0 Å². The Bertz CT molecular complexity index is 522. The topological polar surface area (TPSA) is 29.9 Å². The first kappa shape index (κ1) is 13.7. The molecule has 1 aromatic carbocycles. The molecule has 0 fully saturated rings. The summed E-state index contributed by atoms with van der Waals surface area (Å²) >= 11 is 0. The van der Waals surface area contributed by atoms with Crippen molar-refractivity contribution in [3.05, 3.63) is 53.6 Å². The van der Waals surface area contributed by atoms with Crippen LogP contribution in [0.25, 0.3) is 0 Å². The zero-order chi connectivity index (χ0) is 13.7. The smallest absolute Gasteiger partial charge is 0.126 e. The highest BCUT2D eigenvalue weighted by Gasteiger charge is 2.06. The standard InChI is InChI=1S/C15H20FN3/c1-12(17-11-14-9-10-18-19(14)2)7-8-13-5-3-4-6-15(13)16/h3-6,9-10,12,17H,7-8,11H2,1-2H3/t12-/m1/s1. The number of rotatable bonds is 6. The van der Waals surface area contributed by atoms with Gasteiger partial charge in [-0.15, -0.1) is 0 Å². The van der Waals surface area contributed by atoms with E-state index >= 15 is 0 Å². The highest BCUT2D eigenvalue weighted by Crippen LogP contribution is 2.10. The van der Waals surface area contributed by atoms with Gasteiger partial charge in [-0.1, -0.05) is 18.2 Å². The van der Waals surface area contributed by atoms with Crippen molar-refractivity contribution in [1.29, 1.82) is 0 Å². The zero-order valence-electron chi connectivity index (χ0n) is 11.4. The summed E-state index contributed by atoms with van der Waals surface area (Å²) in [4.78, 5) is 0. The molecule has 0 spiro atoms. The Morgan fingerprint density at radius 2 is 2.11 bits per heavy atom. The number of halogens is 1. The third kappa shape index (κ3) is 3.89. The predicted molar refractivity (Wildman–Crippen MR) is 74.2 cm³/mol. The molecule has 0 saturated heterocycles. The SMILES string of the molecule is C[C@H](CCc1ccccc1F)NCc1ccnn1C. The van der Waals surface area contributed by atoms with Gasteiger partial charge in [-0.05, 0) is 37.5 Å². The highest BCUT2D eigenvalue weighted by molar-refractivity contribution is 5.17. The van der Waals surface area contributed by atoms with E-state index in [-0.39, 0.29) is 5.82 Å². The number of benzene rings is 1. The number of aryl methyl sites for hydroxylation is 2. The van der Waals surface area contributed by atoms with Crippen molar-refractivity contribution in [3.63, 3.8) is 0 Å². The molecule has 0 aliphatic carbocycles. The van der Waals surface area contributed by atoms with Crippen molar-refractivity contribution < 1.29 is 4.39 Å². The van der Waals surface area contributed by atoms with Crippen LogP contribution in [0, 0.1) is 5.82 Å². The van der Waals surface area contributed by atoms with Crippen molar-refractivity contribution >= 4 is 0 Å². The molecule has 0 bridgehead atoms. The molecule has 1 heterocycles. The normalized spacial score (nSPS) is 12.6. The summed E-state index contributed by atoms with van der Waals surface area (Å²) in [6, 6.07) is 9.31. The van der Waals surface area contributed by atoms with Crippen LogP contribution in [0.4, 0.5) is 4.39 Å². The molecule has 1 N–H and O–H groups in total. The highest BCUT2D eigenvalue weighted by atomic mass is 19.1. The molecule has 0 aliphatic rings. The Morgan fingerprint density at radius 1 is 1.32 bits per heavy atom. The maximum absolute atomic E-state index is 13.5. The van der Waals surface area contributed by atoms with E-state index < -0.39 is 0 Å². The molecule has 2 aromatic rings. The second kappa shape index (κ2) is 6.48. The molecule has 0 unspecified atom stereocenters. The van der Waals surface area contributed by atoms with Crippen LogP contribution in [0.3, 0.4) is 0 Å². The minimum absolute atomic E-state index is 0.110. The number of hydrogen-bond donors (Lipinski definition) is 1. The average Bonchev–Trinajstić information content (AvgIpc) is 2.81. The van der Waals surface area contributed by atoms with Gasteiger partial charge in [-0.3, -0.25) is 4.68 Å².